The van der Waals surface area contributed by atoms with Gasteiger partial charge in [-0.05, 0) is 56.2 Å². The van der Waals surface area contributed by atoms with Crippen LogP contribution in [-0.4, -0.2) is 35.9 Å². The summed E-state index contributed by atoms with van der Waals surface area (Å²) in [5.41, 5.74) is 1.55. The van der Waals surface area contributed by atoms with Gasteiger partial charge >= 0.3 is 0 Å². The predicted molar refractivity (Wildman–Crippen MR) is 116 cm³/mol. The van der Waals surface area contributed by atoms with Crippen LogP contribution in [0, 0.1) is 5.92 Å². The van der Waals surface area contributed by atoms with E-state index in [4.69, 9.17) is 4.74 Å². The molecule has 1 saturated heterocycles. The van der Waals surface area contributed by atoms with E-state index >= 15 is 0 Å². The molecule has 4 rings (SSSR count). The summed E-state index contributed by atoms with van der Waals surface area (Å²) in [6.07, 6.45) is 1.99. The molecule has 5 nitrogen and oxygen atoms in total. The molecule has 0 radical (unpaired) electrons. The highest BCUT2D eigenvalue weighted by Gasteiger charge is 2.44. The van der Waals surface area contributed by atoms with E-state index < -0.39 is 0 Å². The van der Waals surface area contributed by atoms with Gasteiger partial charge in [-0.2, -0.15) is 0 Å². The zero-order valence-corrected chi connectivity index (χ0v) is 17.9. The minimum atomic E-state index is -0.272. The van der Waals surface area contributed by atoms with Crippen molar-refractivity contribution in [1.29, 1.82) is 0 Å². The number of rotatable bonds is 5. The molecule has 0 spiro atoms. The molecule has 0 N–H and O–H groups in total. The van der Waals surface area contributed by atoms with E-state index in [1.165, 1.54) is 16.2 Å². The lowest BCUT2D eigenvalue weighted by atomic mass is 9.98. The van der Waals surface area contributed by atoms with Crippen LogP contribution in [0.4, 0.5) is 5.69 Å². The summed E-state index contributed by atoms with van der Waals surface area (Å²) >= 11 is 1.49. The van der Waals surface area contributed by atoms with Gasteiger partial charge in [0.05, 0.1) is 17.4 Å². The van der Waals surface area contributed by atoms with Crippen molar-refractivity contribution in [2.45, 2.75) is 39.7 Å². The monoisotopic (exact) mass is 410 g/mol. The number of hydrogen-bond acceptors (Lipinski definition) is 5. The summed E-state index contributed by atoms with van der Waals surface area (Å²) in [4.78, 5) is 31.4. The van der Waals surface area contributed by atoms with Crippen molar-refractivity contribution >= 4 is 34.4 Å². The molecule has 0 atom stereocenters. The number of anilines is 1. The summed E-state index contributed by atoms with van der Waals surface area (Å²) in [7, 11) is 0. The van der Waals surface area contributed by atoms with Crippen LogP contribution in [0.5, 0.6) is 5.75 Å². The van der Waals surface area contributed by atoms with Gasteiger partial charge in [0.1, 0.15) is 11.4 Å². The molecule has 1 aromatic heterocycles. The molecule has 0 aliphatic carbocycles. The summed E-state index contributed by atoms with van der Waals surface area (Å²) in [6.45, 7) is 7.68. The number of benzene rings is 1. The molecule has 2 amide bonds. The molecule has 0 bridgehead atoms. The van der Waals surface area contributed by atoms with Crippen LogP contribution >= 0.6 is 11.3 Å². The summed E-state index contributed by atoms with van der Waals surface area (Å²) in [6, 6.07) is 11.1. The van der Waals surface area contributed by atoms with Crippen LogP contribution in [0.3, 0.4) is 0 Å². The van der Waals surface area contributed by atoms with E-state index in [1.807, 2.05) is 43.5 Å². The first-order valence-electron chi connectivity index (χ1n) is 10.1. The number of thiophene rings is 1. The van der Waals surface area contributed by atoms with E-state index in [0.717, 1.165) is 30.8 Å². The Morgan fingerprint density at radius 2 is 1.76 bits per heavy atom. The van der Waals surface area contributed by atoms with Crippen molar-refractivity contribution < 1.29 is 14.3 Å². The first kappa shape index (κ1) is 19.7. The Morgan fingerprint density at radius 3 is 2.41 bits per heavy atom. The second-order valence-electron chi connectivity index (χ2n) is 7.95. The highest BCUT2D eigenvalue weighted by atomic mass is 32.1. The average Bonchev–Trinajstić information content (AvgIpc) is 3.29. The standard InChI is InChI=1S/C23H26N2O3S/c1-15(2)28-18-8-5-4-7-17(18)25-22(26)20(19-9-6-14-29-19)21(23(25)27)24-12-10-16(3)11-13-24/h4-9,14-16H,10-13H2,1-3H3. The Balaban J connectivity index is 1.78. The number of carbonyl (C=O) groups is 2. The summed E-state index contributed by atoms with van der Waals surface area (Å²) < 4.78 is 5.90. The molecule has 3 heterocycles. The van der Waals surface area contributed by atoms with Crippen molar-refractivity contribution in [3.8, 4) is 5.75 Å². The van der Waals surface area contributed by atoms with Gasteiger partial charge in [-0.15, -0.1) is 11.3 Å². The van der Waals surface area contributed by atoms with Crippen molar-refractivity contribution in [1.82, 2.24) is 4.90 Å². The maximum atomic E-state index is 13.6. The van der Waals surface area contributed by atoms with Crippen LogP contribution in [-0.2, 0) is 9.59 Å². The second kappa shape index (κ2) is 8.03. The maximum absolute atomic E-state index is 13.6. The lowest BCUT2D eigenvalue weighted by Crippen LogP contribution is -2.38. The number of para-hydroxylation sites is 2. The predicted octanol–water partition coefficient (Wildman–Crippen LogP) is 4.55. The molecular weight excluding hydrogens is 384 g/mol. The molecule has 152 valence electrons. The summed E-state index contributed by atoms with van der Waals surface area (Å²) in [5.74, 6) is 0.655. The fourth-order valence-corrected chi connectivity index (χ4v) is 4.66. The van der Waals surface area contributed by atoms with Gasteiger partial charge in [0.15, 0.2) is 0 Å². The highest BCUT2D eigenvalue weighted by molar-refractivity contribution is 7.11. The Bertz CT molecular complexity index is 941. The zero-order valence-electron chi connectivity index (χ0n) is 17.1. The third kappa shape index (κ3) is 3.69. The van der Waals surface area contributed by atoms with Crippen LogP contribution in [0.1, 0.15) is 38.5 Å². The van der Waals surface area contributed by atoms with Crippen molar-refractivity contribution in [3.63, 3.8) is 0 Å². The third-order valence-electron chi connectivity index (χ3n) is 5.40. The molecule has 1 aromatic carbocycles. The lowest BCUT2D eigenvalue weighted by molar-refractivity contribution is -0.120. The minimum absolute atomic E-state index is 0.0586. The molecule has 1 fully saturated rings. The molecule has 2 aliphatic rings. The van der Waals surface area contributed by atoms with Crippen LogP contribution in [0.25, 0.3) is 5.57 Å². The Kier molecular flexibility index (Phi) is 5.46. The molecule has 0 unspecified atom stereocenters. The third-order valence-corrected chi connectivity index (χ3v) is 6.28. The molecule has 6 heteroatoms. The van der Waals surface area contributed by atoms with E-state index in [-0.39, 0.29) is 17.9 Å². The number of imide groups is 1. The first-order valence-corrected chi connectivity index (χ1v) is 11.0. The smallest absolute Gasteiger partial charge is 0.282 e. The van der Waals surface area contributed by atoms with Gasteiger partial charge in [0.25, 0.3) is 11.8 Å². The molecule has 0 saturated carbocycles. The number of hydrogen-bond donors (Lipinski definition) is 0. The normalized spacial score (nSPS) is 18.3. The van der Waals surface area contributed by atoms with Crippen LogP contribution in [0.2, 0.25) is 0 Å². The fourth-order valence-electron chi connectivity index (χ4n) is 3.90. The second-order valence-corrected chi connectivity index (χ2v) is 8.90. The van der Waals surface area contributed by atoms with E-state index in [0.29, 0.717) is 28.6 Å². The number of amides is 2. The Morgan fingerprint density at radius 1 is 1.03 bits per heavy atom. The lowest BCUT2D eigenvalue weighted by Gasteiger charge is -2.32. The molecule has 2 aliphatic heterocycles. The molecular formula is C23H26N2O3S. The maximum Gasteiger partial charge on any atom is 0.282 e. The topological polar surface area (TPSA) is 49.9 Å². The van der Waals surface area contributed by atoms with Gasteiger partial charge < -0.3 is 9.64 Å². The summed E-state index contributed by atoms with van der Waals surface area (Å²) in [5, 5.41) is 1.94. The van der Waals surface area contributed by atoms with Gasteiger partial charge in [-0.25, -0.2) is 4.90 Å². The van der Waals surface area contributed by atoms with Gasteiger partial charge in [0, 0.05) is 18.0 Å². The average molecular weight is 411 g/mol. The molecule has 29 heavy (non-hydrogen) atoms. The highest BCUT2D eigenvalue weighted by Crippen LogP contribution is 2.40. The van der Waals surface area contributed by atoms with Gasteiger partial charge in [-0.3, -0.25) is 9.59 Å². The first-order chi connectivity index (χ1) is 14.0. The van der Waals surface area contributed by atoms with E-state index in [9.17, 15) is 9.59 Å². The number of piperidine rings is 1. The van der Waals surface area contributed by atoms with E-state index in [2.05, 4.69) is 11.8 Å². The Labute approximate surface area is 175 Å². The zero-order chi connectivity index (χ0) is 20.5. The number of ether oxygens (including phenoxy) is 1. The van der Waals surface area contributed by atoms with Crippen molar-refractivity contribution in [2.75, 3.05) is 18.0 Å². The largest absolute Gasteiger partial charge is 0.489 e. The minimum Gasteiger partial charge on any atom is -0.489 e. The van der Waals surface area contributed by atoms with Gasteiger partial charge in [-0.1, -0.05) is 25.1 Å². The fraction of sp³-hybridized carbons (Fsp3) is 0.391. The van der Waals surface area contributed by atoms with Gasteiger partial charge in [0.2, 0.25) is 0 Å². The van der Waals surface area contributed by atoms with Crippen molar-refractivity contribution in [2.24, 2.45) is 5.92 Å². The number of likely N-dealkylation sites (tertiary alicyclic amines) is 1. The molecule has 2 aromatic rings. The number of nitrogens with zero attached hydrogens (tertiary/aromatic N) is 2. The Hall–Kier alpha value is -2.60. The van der Waals surface area contributed by atoms with Crippen LogP contribution < -0.4 is 9.64 Å². The van der Waals surface area contributed by atoms with Crippen LogP contribution in [0.15, 0.2) is 47.5 Å². The quantitative estimate of drug-likeness (QED) is 0.679. The van der Waals surface area contributed by atoms with E-state index in [1.54, 1.807) is 12.1 Å². The van der Waals surface area contributed by atoms with Crippen molar-refractivity contribution in [3.05, 3.63) is 52.4 Å². The SMILES string of the molecule is CC1CCN(C2=C(c3cccs3)C(=O)N(c3ccccc3OC(C)C)C2=O)CC1. The number of carbonyl (C=O) groups excluding carboxylic acids is 2.